The first-order chi connectivity index (χ1) is 14.1. The van der Waals surface area contributed by atoms with Crippen LogP contribution in [0.3, 0.4) is 0 Å². The largest absolute Gasteiger partial charge is 0.349 e. The number of nitrogens with one attached hydrogen (secondary N) is 1. The summed E-state index contributed by atoms with van der Waals surface area (Å²) in [7, 11) is 0. The second-order valence-electron chi connectivity index (χ2n) is 7.03. The lowest BCUT2D eigenvalue weighted by Gasteiger charge is -2.13. The molecule has 0 fully saturated rings. The van der Waals surface area contributed by atoms with E-state index >= 15 is 0 Å². The van der Waals surface area contributed by atoms with Gasteiger partial charge in [0.1, 0.15) is 5.56 Å². The van der Waals surface area contributed by atoms with Crippen LogP contribution in [0, 0.1) is 0 Å². The van der Waals surface area contributed by atoms with Crippen LogP contribution in [-0.2, 0) is 6.42 Å². The number of halogens is 1. The summed E-state index contributed by atoms with van der Waals surface area (Å²) in [5.74, 6) is -0.165. The molecular weight excluding hydrogens is 384 g/mol. The van der Waals surface area contributed by atoms with Crippen molar-refractivity contribution in [2.45, 2.75) is 25.8 Å². The van der Waals surface area contributed by atoms with E-state index in [1.807, 2.05) is 55.5 Å². The Bertz CT molecular complexity index is 1120. The Morgan fingerprint density at radius 2 is 1.86 bits per heavy atom. The first-order valence-electron chi connectivity index (χ1n) is 9.55. The van der Waals surface area contributed by atoms with Crippen molar-refractivity contribution in [3.63, 3.8) is 0 Å². The average Bonchev–Trinajstić information content (AvgIpc) is 3.18. The highest BCUT2D eigenvalue weighted by Crippen LogP contribution is 2.22. The lowest BCUT2D eigenvalue weighted by atomic mass is 10.1. The smallest absolute Gasteiger partial charge is 0.256 e. The van der Waals surface area contributed by atoms with Crippen LogP contribution in [0.4, 0.5) is 0 Å². The van der Waals surface area contributed by atoms with E-state index in [1.54, 1.807) is 16.9 Å². The fourth-order valence-electron chi connectivity index (χ4n) is 3.29. The second-order valence-corrected chi connectivity index (χ2v) is 7.47. The minimum Gasteiger partial charge on any atom is -0.349 e. The molecule has 2 aromatic carbocycles. The fraction of sp³-hybridized carbons (Fsp3) is 0.174. The average molecular weight is 405 g/mol. The molecular formula is C23H21ClN4O. The highest BCUT2D eigenvalue weighted by atomic mass is 35.5. The van der Waals surface area contributed by atoms with Crippen molar-refractivity contribution < 1.29 is 4.79 Å². The Balaban J connectivity index is 1.51. The normalized spacial score (nSPS) is 12.1. The first kappa shape index (κ1) is 19.2. The molecule has 0 saturated heterocycles. The molecule has 29 heavy (non-hydrogen) atoms. The summed E-state index contributed by atoms with van der Waals surface area (Å²) >= 11 is 5.99. The van der Waals surface area contributed by atoms with Gasteiger partial charge in [0.2, 0.25) is 0 Å². The van der Waals surface area contributed by atoms with Crippen LogP contribution in [0.15, 0.2) is 73.1 Å². The van der Waals surface area contributed by atoms with Gasteiger partial charge in [-0.25, -0.2) is 9.50 Å². The first-order valence-corrected chi connectivity index (χ1v) is 9.93. The lowest BCUT2D eigenvalue weighted by molar-refractivity contribution is 0.0940. The lowest BCUT2D eigenvalue weighted by Crippen LogP contribution is -2.32. The zero-order chi connectivity index (χ0) is 20.2. The van der Waals surface area contributed by atoms with Gasteiger partial charge in [0, 0.05) is 22.8 Å². The predicted octanol–water partition coefficient (Wildman–Crippen LogP) is 4.80. The number of amides is 1. The van der Waals surface area contributed by atoms with Gasteiger partial charge in [-0.2, -0.15) is 5.10 Å². The Morgan fingerprint density at radius 3 is 2.62 bits per heavy atom. The van der Waals surface area contributed by atoms with Crippen molar-refractivity contribution in [1.82, 2.24) is 19.9 Å². The van der Waals surface area contributed by atoms with Crippen LogP contribution in [0.25, 0.3) is 16.9 Å². The molecule has 1 atom stereocenters. The summed E-state index contributed by atoms with van der Waals surface area (Å²) < 4.78 is 1.69. The van der Waals surface area contributed by atoms with E-state index in [2.05, 4.69) is 27.5 Å². The van der Waals surface area contributed by atoms with Crippen molar-refractivity contribution in [2.24, 2.45) is 0 Å². The molecule has 1 N–H and O–H groups in total. The number of benzene rings is 2. The number of carbonyl (C=O) groups is 1. The van der Waals surface area contributed by atoms with E-state index < -0.39 is 0 Å². The number of fused-ring (bicyclic) bond motifs is 1. The molecule has 1 unspecified atom stereocenters. The standard InChI is InChI=1S/C23H21ClN4O/c1-16(7-8-17-5-3-2-4-6-17)27-23(29)20-15-26-28-21(13-14-25-22(20)28)18-9-11-19(24)12-10-18/h2-6,9-16H,7-8H2,1H3,(H,27,29). The third kappa shape index (κ3) is 4.30. The molecule has 0 aliphatic rings. The van der Waals surface area contributed by atoms with Crippen LogP contribution in [0.5, 0.6) is 0 Å². The van der Waals surface area contributed by atoms with E-state index in [9.17, 15) is 4.79 Å². The van der Waals surface area contributed by atoms with Gasteiger partial charge in [-0.15, -0.1) is 0 Å². The predicted molar refractivity (Wildman–Crippen MR) is 115 cm³/mol. The maximum absolute atomic E-state index is 12.8. The topological polar surface area (TPSA) is 59.3 Å². The molecule has 0 radical (unpaired) electrons. The summed E-state index contributed by atoms with van der Waals surface area (Å²) in [6, 6.07) is 19.7. The Morgan fingerprint density at radius 1 is 1.10 bits per heavy atom. The van der Waals surface area contributed by atoms with Crippen LogP contribution < -0.4 is 5.32 Å². The van der Waals surface area contributed by atoms with Gasteiger partial charge in [-0.3, -0.25) is 4.79 Å². The third-order valence-electron chi connectivity index (χ3n) is 4.87. The zero-order valence-corrected chi connectivity index (χ0v) is 16.8. The molecule has 0 aliphatic carbocycles. The molecule has 146 valence electrons. The van der Waals surface area contributed by atoms with Gasteiger partial charge in [-0.1, -0.05) is 54.1 Å². The van der Waals surface area contributed by atoms with Crippen molar-refractivity contribution >= 4 is 23.2 Å². The van der Waals surface area contributed by atoms with Crippen molar-refractivity contribution in [3.05, 3.63) is 89.2 Å². The van der Waals surface area contributed by atoms with E-state index in [0.717, 1.165) is 24.1 Å². The van der Waals surface area contributed by atoms with E-state index in [4.69, 9.17) is 11.6 Å². The molecule has 0 spiro atoms. The molecule has 0 bridgehead atoms. The molecule has 6 heteroatoms. The van der Waals surface area contributed by atoms with Crippen LogP contribution in [0.1, 0.15) is 29.3 Å². The number of hydrogen-bond donors (Lipinski definition) is 1. The highest BCUT2D eigenvalue weighted by molar-refractivity contribution is 6.30. The number of aryl methyl sites for hydroxylation is 1. The quantitative estimate of drug-likeness (QED) is 0.502. The van der Waals surface area contributed by atoms with Gasteiger partial charge < -0.3 is 5.32 Å². The Labute approximate surface area is 174 Å². The van der Waals surface area contributed by atoms with Gasteiger partial charge in [0.15, 0.2) is 5.65 Å². The number of aromatic nitrogens is 3. The minimum absolute atomic E-state index is 0.0390. The maximum atomic E-state index is 12.8. The Kier molecular flexibility index (Phi) is 5.58. The van der Waals surface area contributed by atoms with Crippen molar-refractivity contribution in [2.75, 3.05) is 0 Å². The number of rotatable bonds is 6. The highest BCUT2D eigenvalue weighted by Gasteiger charge is 2.17. The fourth-order valence-corrected chi connectivity index (χ4v) is 3.42. The van der Waals surface area contributed by atoms with E-state index in [0.29, 0.717) is 16.2 Å². The van der Waals surface area contributed by atoms with E-state index in [1.165, 1.54) is 5.56 Å². The molecule has 4 aromatic rings. The van der Waals surface area contributed by atoms with Crippen molar-refractivity contribution in [3.8, 4) is 11.3 Å². The summed E-state index contributed by atoms with van der Waals surface area (Å²) in [5, 5.41) is 8.13. The van der Waals surface area contributed by atoms with Crippen molar-refractivity contribution in [1.29, 1.82) is 0 Å². The summed E-state index contributed by atoms with van der Waals surface area (Å²) in [6.07, 6.45) is 5.03. The molecule has 5 nitrogen and oxygen atoms in total. The maximum Gasteiger partial charge on any atom is 0.256 e. The van der Waals surface area contributed by atoms with Gasteiger partial charge in [0.05, 0.1) is 11.9 Å². The molecule has 1 amide bonds. The van der Waals surface area contributed by atoms with Gasteiger partial charge in [-0.05, 0) is 43.5 Å². The second kappa shape index (κ2) is 8.45. The Hall–Kier alpha value is -3.18. The van der Waals surface area contributed by atoms with Crippen LogP contribution >= 0.6 is 11.6 Å². The summed E-state index contributed by atoms with van der Waals surface area (Å²) in [6.45, 7) is 2.01. The van der Waals surface area contributed by atoms with Gasteiger partial charge in [0.25, 0.3) is 5.91 Å². The molecule has 0 aliphatic heterocycles. The number of carbonyl (C=O) groups excluding carboxylic acids is 1. The molecule has 2 heterocycles. The van der Waals surface area contributed by atoms with Crippen LogP contribution in [0.2, 0.25) is 5.02 Å². The number of hydrogen-bond acceptors (Lipinski definition) is 3. The monoisotopic (exact) mass is 404 g/mol. The molecule has 2 aromatic heterocycles. The van der Waals surface area contributed by atoms with Gasteiger partial charge >= 0.3 is 0 Å². The third-order valence-corrected chi connectivity index (χ3v) is 5.12. The van der Waals surface area contributed by atoms with Crippen LogP contribution in [-0.4, -0.2) is 26.5 Å². The molecule has 4 rings (SSSR count). The SMILES string of the molecule is CC(CCc1ccccc1)NC(=O)c1cnn2c(-c3ccc(Cl)cc3)ccnc12. The minimum atomic E-state index is -0.165. The van der Waals surface area contributed by atoms with E-state index in [-0.39, 0.29) is 11.9 Å². The number of nitrogens with zero attached hydrogens (tertiary/aromatic N) is 3. The zero-order valence-electron chi connectivity index (χ0n) is 16.0. The molecule has 0 saturated carbocycles. The summed E-state index contributed by atoms with van der Waals surface area (Å²) in [4.78, 5) is 17.2. The summed E-state index contributed by atoms with van der Waals surface area (Å²) in [5.41, 5.74) is 4.06.